The number of hydrogen-bond acceptors (Lipinski definition) is 6. The lowest BCUT2D eigenvalue weighted by molar-refractivity contribution is -0.163. The van der Waals surface area contributed by atoms with Crippen molar-refractivity contribution in [1.29, 1.82) is 0 Å². The highest BCUT2D eigenvalue weighted by Crippen LogP contribution is 2.36. The van der Waals surface area contributed by atoms with Crippen LogP contribution in [0.15, 0.2) is 24.4 Å². The zero-order chi connectivity index (χ0) is 21.3. The number of anilines is 1. The van der Waals surface area contributed by atoms with Crippen molar-refractivity contribution in [3.05, 3.63) is 24.4 Å². The van der Waals surface area contributed by atoms with Crippen LogP contribution in [-0.4, -0.2) is 50.5 Å². The van der Waals surface area contributed by atoms with Crippen LogP contribution >= 0.6 is 0 Å². The molecule has 0 bridgehead atoms. The quantitative estimate of drug-likeness (QED) is 0.440. The average Bonchev–Trinajstić information content (AvgIpc) is 3.24. The Kier molecular flexibility index (Phi) is 5.86. The molecule has 2 heterocycles. The second-order valence-corrected chi connectivity index (χ2v) is 7.70. The molecule has 0 unspecified atom stereocenters. The van der Waals surface area contributed by atoms with Gasteiger partial charge in [-0.1, -0.05) is 12.2 Å². The third-order valence-electron chi connectivity index (χ3n) is 5.34. The molecule has 156 valence electrons. The smallest absolute Gasteiger partial charge is 0.329 e. The Morgan fingerprint density at radius 1 is 1.10 bits per heavy atom. The van der Waals surface area contributed by atoms with Gasteiger partial charge in [0, 0.05) is 12.1 Å². The number of allylic oxidation sites excluding steroid dienone is 2. The summed E-state index contributed by atoms with van der Waals surface area (Å²) in [7, 11) is 0. The molecule has 2 aliphatic rings. The monoisotopic (exact) mass is 402 g/mol. The van der Waals surface area contributed by atoms with Gasteiger partial charge < -0.3 is 10.1 Å². The van der Waals surface area contributed by atoms with Crippen LogP contribution in [0.25, 0.3) is 0 Å². The average molecular weight is 402 g/mol. The number of carbonyl (C=O) groups is 4. The molecule has 9 nitrogen and oxygen atoms in total. The van der Waals surface area contributed by atoms with Crippen LogP contribution in [-0.2, 0) is 23.9 Å². The number of ether oxygens (including phenoxy) is 1. The van der Waals surface area contributed by atoms with E-state index in [9.17, 15) is 19.2 Å². The number of carbonyl (C=O) groups excluding carboxylic acids is 4. The van der Waals surface area contributed by atoms with Gasteiger partial charge in [-0.25, -0.2) is 9.48 Å². The first-order valence-electron chi connectivity index (χ1n) is 9.79. The Morgan fingerprint density at radius 2 is 1.69 bits per heavy atom. The number of likely N-dealkylation sites (tertiary alicyclic amines) is 1. The van der Waals surface area contributed by atoms with E-state index in [0.717, 1.165) is 4.90 Å². The van der Waals surface area contributed by atoms with E-state index in [1.165, 1.54) is 13.8 Å². The molecular weight excluding hydrogens is 376 g/mol. The van der Waals surface area contributed by atoms with Crippen LogP contribution in [0.3, 0.4) is 0 Å². The Labute approximate surface area is 169 Å². The fourth-order valence-electron chi connectivity index (χ4n) is 3.69. The minimum absolute atomic E-state index is 0.0448. The molecule has 1 aromatic rings. The maximum absolute atomic E-state index is 12.6. The molecule has 3 rings (SSSR count). The second-order valence-electron chi connectivity index (χ2n) is 7.70. The number of amides is 3. The molecule has 4 atom stereocenters. The third-order valence-corrected chi connectivity index (χ3v) is 5.34. The standard InChI is InChI=1S/C20H26N4O5/c1-11(2)24-16(9-10-21-24)22-17(25)13(4)29-20(28)12(3)23-18(26)14-7-5-6-8-15(14)19(23)27/h5-6,9-15H,7-8H2,1-4H3,(H,22,25)/t12-,13-,14-,15+/m0/s1. The molecule has 9 heteroatoms. The molecule has 1 fully saturated rings. The van der Waals surface area contributed by atoms with Crippen molar-refractivity contribution in [3.8, 4) is 0 Å². The first-order chi connectivity index (χ1) is 13.7. The predicted octanol–water partition coefficient (Wildman–Crippen LogP) is 1.67. The molecule has 3 amide bonds. The number of nitrogens with one attached hydrogen (secondary N) is 1. The normalized spacial score (nSPS) is 23.1. The number of rotatable bonds is 6. The number of nitrogens with zero attached hydrogens (tertiary/aromatic N) is 3. The lowest BCUT2D eigenvalue weighted by atomic mass is 9.85. The Bertz CT molecular complexity index is 833. The molecule has 1 N–H and O–H groups in total. The summed E-state index contributed by atoms with van der Waals surface area (Å²) in [6.45, 7) is 6.73. The third kappa shape index (κ3) is 3.94. The van der Waals surface area contributed by atoms with Crippen LogP contribution in [0, 0.1) is 11.8 Å². The molecule has 0 radical (unpaired) electrons. The van der Waals surface area contributed by atoms with Gasteiger partial charge in [0.05, 0.1) is 18.0 Å². The van der Waals surface area contributed by atoms with Gasteiger partial charge in [0.1, 0.15) is 11.9 Å². The number of hydrogen-bond donors (Lipinski definition) is 1. The van der Waals surface area contributed by atoms with Gasteiger partial charge >= 0.3 is 5.97 Å². The first kappa shape index (κ1) is 20.8. The van der Waals surface area contributed by atoms with Crippen LogP contribution in [0.5, 0.6) is 0 Å². The second kappa shape index (κ2) is 8.18. The largest absolute Gasteiger partial charge is 0.451 e. The molecule has 0 aromatic carbocycles. The fraction of sp³-hybridized carbons (Fsp3) is 0.550. The van der Waals surface area contributed by atoms with Gasteiger partial charge in [0.2, 0.25) is 11.8 Å². The van der Waals surface area contributed by atoms with E-state index in [1.807, 2.05) is 26.0 Å². The van der Waals surface area contributed by atoms with E-state index in [1.54, 1.807) is 16.9 Å². The van der Waals surface area contributed by atoms with E-state index in [2.05, 4.69) is 10.4 Å². The van der Waals surface area contributed by atoms with Gasteiger partial charge in [0.15, 0.2) is 6.10 Å². The SMILES string of the molecule is CC(C)n1nccc1NC(=O)[C@H](C)OC(=O)[C@H](C)N1C(=O)[C@H]2CC=CC[C@H]2C1=O. The summed E-state index contributed by atoms with van der Waals surface area (Å²) in [6.07, 6.45) is 5.22. The maximum Gasteiger partial charge on any atom is 0.329 e. The van der Waals surface area contributed by atoms with E-state index in [0.29, 0.717) is 18.7 Å². The summed E-state index contributed by atoms with van der Waals surface area (Å²) >= 11 is 0. The van der Waals surface area contributed by atoms with E-state index in [-0.39, 0.29) is 17.9 Å². The molecule has 29 heavy (non-hydrogen) atoms. The zero-order valence-electron chi connectivity index (χ0n) is 17.0. The fourth-order valence-corrected chi connectivity index (χ4v) is 3.69. The van der Waals surface area contributed by atoms with Crippen molar-refractivity contribution >= 4 is 29.5 Å². The maximum atomic E-state index is 12.6. The van der Waals surface area contributed by atoms with Gasteiger partial charge in [-0.05, 0) is 40.5 Å². The van der Waals surface area contributed by atoms with Crippen molar-refractivity contribution in [3.63, 3.8) is 0 Å². The summed E-state index contributed by atoms with van der Waals surface area (Å²) < 4.78 is 6.87. The summed E-state index contributed by atoms with van der Waals surface area (Å²) in [5.41, 5.74) is 0. The topological polar surface area (TPSA) is 111 Å². The number of imide groups is 1. The number of fused-ring (bicyclic) bond motifs is 1. The van der Waals surface area contributed by atoms with Gasteiger partial charge in [-0.15, -0.1) is 0 Å². The van der Waals surface area contributed by atoms with Gasteiger partial charge in [0.25, 0.3) is 5.91 Å². The highest BCUT2D eigenvalue weighted by Gasteiger charge is 2.50. The lowest BCUT2D eigenvalue weighted by Gasteiger charge is -2.23. The Hall–Kier alpha value is -2.97. The van der Waals surface area contributed by atoms with Crippen LogP contribution in [0.4, 0.5) is 5.82 Å². The summed E-state index contributed by atoms with van der Waals surface area (Å²) in [6, 6.07) is 0.604. The Morgan fingerprint density at radius 3 is 2.24 bits per heavy atom. The molecule has 1 saturated heterocycles. The van der Waals surface area contributed by atoms with Crippen molar-refractivity contribution in [2.24, 2.45) is 11.8 Å². The number of esters is 1. The van der Waals surface area contributed by atoms with Crippen LogP contribution in [0.2, 0.25) is 0 Å². The zero-order valence-corrected chi connectivity index (χ0v) is 17.0. The predicted molar refractivity (Wildman–Crippen MR) is 103 cm³/mol. The van der Waals surface area contributed by atoms with Crippen LogP contribution in [0.1, 0.15) is 46.6 Å². The molecule has 1 aliphatic carbocycles. The molecule has 1 aliphatic heterocycles. The highest BCUT2D eigenvalue weighted by atomic mass is 16.5. The van der Waals surface area contributed by atoms with Crippen molar-refractivity contribution in [2.75, 3.05) is 5.32 Å². The summed E-state index contributed by atoms with van der Waals surface area (Å²) in [4.78, 5) is 51.1. The number of aromatic nitrogens is 2. The highest BCUT2D eigenvalue weighted by molar-refractivity contribution is 6.08. The molecule has 0 saturated carbocycles. The van der Waals surface area contributed by atoms with E-state index >= 15 is 0 Å². The first-order valence-corrected chi connectivity index (χ1v) is 9.79. The Balaban J connectivity index is 1.62. The molecule has 1 aromatic heterocycles. The summed E-state index contributed by atoms with van der Waals surface area (Å²) in [5.74, 6) is -2.37. The van der Waals surface area contributed by atoms with Gasteiger partial charge in [-0.2, -0.15) is 5.10 Å². The van der Waals surface area contributed by atoms with Crippen molar-refractivity contribution < 1.29 is 23.9 Å². The van der Waals surface area contributed by atoms with Crippen molar-refractivity contribution in [1.82, 2.24) is 14.7 Å². The minimum Gasteiger partial charge on any atom is -0.451 e. The van der Waals surface area contributed by atoms with Crippen molar-refractivity contribution in [2.45, 2.75) is 58.7 Å². The molecular formula is C20H26N4O5. The van der Waals surface area contributed by atoms with Crippen LogP contribution < -0.4 is 5.32 Å². The lowest BCUT2D eigenvalue weighted by Crippen LogP contribution is -2.46. The van der Waals surface area contributed by atoms with Gasteiger partial charge in [-0.3, -0.25) is 19.3 Å². The molecule has 0 spiro atoms. The van der Waals surface area contributed by atoms with E-state index in [4.69, 9.17) is 4.74 Å². The minimum atomic E-state index is -1.10. The summed E-state index contributed by atoms with van der Waals surface area (Å²) in [5, 5.41) is 6.80. The van der Waals surface area contributed by atoms with E-state index < -0.39 is 35.9 Å².